The topological polar surface area (TPSA) is 47.3 Å². The average Bonchev–Trinajstić information content (AvgIpc) is 2.20. The fourth-order valence-electron chi connectivity index (χ4n) is 1.35. The zero-order valence-corrected chi connectivity index (χ0v) is 7.51. The number of hydrogen-bond donors (Lipinski definition) is 2. The van der Waals surface area contributed by atoms with Gasteiger partial charge in [-0.2, -0.15) is 0 Å². The smallest absolute Gasteiger partial charge is 0.0779 e. The Labute approximate surface area is 82.1 Å². The van der Waals surface area contributed by atoms with Crippen molar-refractivity contribution in [1.29, 1.82) is 5.41 Å². The van der Waals surface area contributed by atoms with Crippen molar-refractivity contribution in [3.63, 3.8) is 0 Å². The molecule has 14 heavy (non-hydrogen) atoms. The number of hydroxylamine groups is 2. The van der Waals surface area contributed by atoms with Crippen molar-refractivity contribution >= 4 is 5.71 Å². The van der Waals surface area contributed by atoms with Gasteiger partial charge in [-0.15, -0.1) is 0 Å². The van der Waals surface area contributed by atoms with Crippen molar-refractivity contribution in [2.45, 2.75) is 0 Å². The van der Waals surface area contributed by atoms with Gasteiger partial charge in [0.05, 0.1) is 11.4 Å². The van der Waals surface area contributed by atoms with Gasteiger partial charge in [-0.25, -0.2) is 5.06 Å². The third-order valence-electron chi connectivity index (χ3n) is 2.04. The summed E-state index contributed by atoms with van der Waals surface area (Å²) in [6, 6.07) is 0. The van der Waals surface area contributed by atoms with Crippen molar-refractivity contribution in [2.24, 2.45) is 0 Å². The molecule has 0 atom stereocenters. The largest absolute Gasteiger partial charge is 0.300 e. The lowest BCUT2D eigenvalue weighted by atomic mass is 10.0. The molecular weight excluding hydrogens is 176 g/mol. The third kappa shape index (κ3) is 1.45. The molecule has 0 unspecified atom stereocenters. The van der Waals surface area contributed by atoms with E-state index in [0.29, 0.717) is 11.4 Å². The van der Waals surface area contributed by atoms with E-state index in [9.17, 15) is 5.21 Å². The second-order valence-corrected chi connectivity index (χ2v) is 2.98. The van der Waals surface area contributed by atoms with Gasteiger partial charge in [0.2, 0.25) is 0 Å². The van der Waals surface area contributed by atoms with Crippen molar-refractivity contribution < 1.29 is 5.21 Å². The van der Waals surface area contributed by atoms with E-state index >= 15 is 0 Å². The summed E-state index contributed by atoms with van der Waals surface area (Å²) < 4.78 is 0. The molecule has 0 spiro atoms. The quantitative estimate of drug-likeness (QED) is 0.609. The van der Waals surface area contributed by atoms with Crippen LogP contribution in [-0.2, 0) is 0 Å². The molecule has 2 N–H and O–H groups in total. The van der Waals surface area contributed by atoms with Gasteiger partial charge >= 0.3 is 0 Å². The van der Waals surface area contributed by atoms with E-state index in [1.165, 1.54) is 0 Å². The lowest BCUT2D eigenvalue weighted by Crippen LogP contribution is -2.16. The van der Waals surface area contributed by atoms with Crippen LogP contribution in [0, 0.1) is 5.41 Å². The number of nitrogens with zero attached hydrogens (tertiary/aromatic N) is 1. The molecule has 2 rings (SSSR count). The molecule has 0 aromatic heterocycles. The minimum Gasteiger partial charge on any atom is -0.300 e. The molecule has 3 heteroatoms. The summed E-state index contributed by atoms with van der Waals surface area (Å²) in [5.41, 5.74) is 1.75. The standard InChI is InChI=1S/C11H10N2O/c12-10-6-2-1-5-9(10)11-7-3-4-8-13(11)14/h1-8,12,14H/b11-9+,12-10?. The molecule has 70 valence electrons. The Hall–Kier alpha value is -1.87. The fourth-order valence-corrected chi connectivity index (χ4v) is 1.35. The van der Waals surface area contributed by atoms with E-state index in [2.05, 4.69) is 0 Å². The van der Waals surface area contributed by atoms with Crippen LogP contribution in [0.25, 0.3) is 0 Å². The summed E-state index contributed by atoms with van der Waals surface area (Å²) in [5, 5.41) is 18.2. The van der Waals surface area contributed by atoms with Crippen LogP contribution < -0.4 is 0 Å². The molecule has 3 nitrogen and oxygen atoms in total. The van der Waals surface area contributed by atoms with Crippen LogP contribution >= 0.6 is 0 Å². The highest BCUT2D eigenvalue weighted by Gasteiger charge is 2.12. The Morgan fingerprint density at radius 2 is 1.71 bits per heavy atom. The molecular formula is C11H10N2O. The molecule has 0 aromatic rings. The van der Waals surface area contributed by atoms with E-state index in [1.54, 1.807) is 30.5 Å². The van der Waals surface area contributed by atoms with E-state index < -0.39 is 0 Å². The average molecular weight is 186 g/mol. The molecule has 0 radical (unpaired) electrons. The maximum atomic E-state index is 9.52. The molecule has 1 aliphatic carbocycles. The minimum absolute atomic E-state index is 0.404. The summed E-state index contributed by atoms with van der Waals surface area (Å²) in [7, 11) is 0. The van der Waals surface area contributed by atoms with Crippen molar-refractivity contribution in [2.75, 3.05) is 0 Å². The predicted octanol–water partition coefficient (Wildman–Crippen LogP) is 2.16. The second-order valence-electron chi connectivity index (χ2n) is 2.98. The van der Waals surface area contributed by atoms with E-state index in [1.807, 2.05) is 18.2 Å². The highest BCUT2D eigenvalue weighted by Crippen LogP contribution is 2.19. The first-order valence-electron chi connectivity index (χ1n) is 4.30. The minimum atomic E-state index is 0.404. The van der Waals surface area contributed by atoms with Crippen molar-refractivity contribution in [3.05, 3.63) is 60.0 Å². The van der Waals surface area contributed by atoms with Gasteiger partial charge in [-0.3, -0.25) is 5.21 Å². The Balaban J connectivity index is 2.44. The van der Waals surface area contributed by atoms with Crippen LogP contribution in [0.1, 0.15) is 0 Å². The van der Waals surface area contributed by atoms with Gasteiger partial charge in [-0.1, -0.05) is 24.3 Å². The lowest BCUT2D eigenvalue weighted by molar-refractivity contribution is -0.000668. The van der Waals surface area contributed by atoms with Gasteiger partial charge < -0.3 is 5.41 Å². The molecule has 0 bridgehead atoms. The van der Waals surface area contributed by atoms with E-state index in [4.69, 9.17) is 5.41 Å². The van der Waals surface area contributed by atoms with Crippen LogP contribution in [0.15, 0.2) is 60.0 Å². The summed E-state index contributed by atoms with van der Waals surface area (Å²) in [6.07, 6.45) is 14.0. The molecule has 1 heterocycles. The Morgan fingerprint density at radius 3 is 2.43 bits per heavy atom. The zero-order chi connectivity index (χ0) is 9.97. The maximum Gasteiger partial charge on any atom is 0.0779 e. The van der Waals surface area contributed by atoms with Crippen LogP contribution in [0.2, 0.25) is 0 Å². The molecule has 0 saturated heterocycles. The Morgan fingerprint density at radius 1 is 1.00 bits per heavy atom. The van der Waals surface area contributed by atoms with Gasteiger partial charge in [-0.05, 0) is 18.2 Å². The van der Waals surface area contributed by atoms with Crippen LogP contribution in [0.4, 0.5) is 0 Å². The molecule has 2 aliphatic rings. The van der Waals surface area contributed by atoms with Crippen LogP contribution in [0.3, 0.4) is 0 Å². The van der Waals surface area contributed by atoms with Crippen molar-refractivity contribution in [3.8, 4) is 0 Å². The zero-order valence-electron chi connectivity index (χ0n) is 7.51. The highest BCUT2D eigenvalue weighted by atomic mass is 16.5. The van der Waals surface area contributed by atoms with Crippen molar-refractivity contribution in [1.82, 2.24) is 5.06 Å². The SMILES string of the molecule is N=C1C=CC=C/C1=C1/C=CC=CN1O. The lowest BCUT2D eigenvalue weighted by Gasteiger charge is -2.19. The number of hydrogen-bond acceptors (Lipinski definition) is 3. The number of nitrogens with one attached hydrogen (secondary N) is 1. The molecule has 0 fully saturated rings. The maximum absolute atomic E-state index is 9.52. The van der Waals surface area contributed by atoms with Gasteiger partial charge in [0.25, 0.3) is 0 Å². The first-order valence-corrected chi connectivity index (χ1v) is 4.30. The normalized spacial score (nSPS) is 24.9. The molecule has 0 amide bonds. The fraction of sp³-hybridized carbons (Fsp3) is 0. The van der Waals surface area contributed by atoms with E-state index in [-0.39, 0.29) is 0 Å². The van der Waals surface area contributed by atoms with Gasteiger partial charge in [0.1, 0.15) is 0 Å². The van der Waals surface area contributed by atoms with Crippen LogP contribution in [0.5, 0.6) is 0 Å². The Bertz CT molecular complexity index is 411. The summed E-state index contributed by atoms with van der Waals surface area (Å²) in [6.45, 7) is 0. The van der Waals surface area contributed by atoms with Gasteiger partial charge in [0, 0.05) is 11.8 Å². The second kappa shape index (κ2) is 3.47. The van der Waals surface area contributed by atoms with Gasteiger partial charge in [0.15, 0.2) is 0 Å². The number of allylic oxidation sites excluding steroid dienone is 8. The molecule has 0 aromatic carbocycles. The highest BCUT2D eigenvalue weighted by molar-refractivity contribution is 6.10. The number of rotatable bonds is 0. The molecule has 1 aliphatic heterocycles. The van der Waals surface area contributed by atoms with E-state index in [0.717, 1.165) is 10.6 Å². The summed E-state index contributed by atoms with van der Waals surface area (Å²) in [5.74, 6) is 0. The Kier molecular flexibility index (Phi) is 2.16. The first-order chi connectivity index (χ1) is 6.79. The molecule has 0 saturated carbocycles. The summed E-state index contributed by atoms with van der Waals surface area (Å²) in [4.78, 5) is 0. The first kappa shape index (κ1) is 8.72. The monoisotopic (exact) mass is 186 g/mol. The predicted molar refractivity (Wildman–Crippen MR) is 54.9 cm³/mol. The van der Waals surface area contributed by atoms with Crippen LogP contribution in [-0.4, -0.2) is 16.0 Å². The third-order valence-corrected chi connectivity index (χ3v) is 2.04. The summed E-state index contributed by atoms with van der Waals surface area (Å²) >= 11 is 0.